The van der Waals surface area contributed by atoms with Crippen LogP contribution in [0.3, 0.4) is 0 Å². The number of ether oxygens (including phenoxy) is 2. The van der Waals surface area contributed by atoms with Gasteiger partial charge in [0.2, 0.25) is 0 Å². The van der Waals surface area contributed by atoms with Crippen LogP contribution in [0.25, 0.3) is 0 Å². The van der Waals surface area contributed by atoms with E-state index < -0.39 is 14.9 Å². The highest BCUT2D eigenvalue weighted by Crippen LogP contribution is 2.31. The van der Waals surface area contributed by atoms with Crippen LogP contribution in [0.15, 0.2) is 107 Å². The predicted octanol–water partition coefficient (Wildman–Crippen LogP) is 5.43. The van der Waals surface area contributed by atoms with E-state index in [0.29, 0.717) is 23.7 Å². The Kier molecular flexibility index (Phi) is 8.19. The number of rotatable bonds is 11. The molecule has 0 amide bonds. The molecule has 0 saturated carbocycles. The molecule has 0 aromatic heterocycles. The Morgan fingerprint density at radius 3 is 2.45 bits per heavy atom. The van der Waals surface area contributed by atoms with E-state index in [1.165, 1.54) is 31.5 Å². The third-order valence-electron chi connectivity index (χ3n) is 5.32. The van der Waals surface area contributed by atoms with Gasteiger partial charge in [-0.2, -0.15) is 5.10 Å². The summed E-state index contributed by atoms with van der Waals surface area (Å²) >= 11 is 0. The fourth-order valence-corrected chi connectivity index (χ4v) is 4.72. The summed E-state index contributed by atoms with van der Waals surface area (Å²) in [5.74, 6) is 0.931. The summed E-state index contributed by atoms with van der Waals surface area (Å²) in [6.07, 6.45) is 1.49. The lowest BCUT2D eigenvalue weighted by molar-refractivity contribution is -0.385. The van der Waals surface area contributed by atoms with Crippen LogP contribution in [-0.4, -0.2) is 26.7 Å². The van der Waals surface area contributed by atoms with Gasteiger partial charge in [-0.15, -0.1) is 0 Å². The van der Waals surface area contributed by atoms with E-state index in [1.807, 2.05) is 36.4 Å². The fraction of sp³-hybridized carbons (Fsp3) is 0.0741. The number of benzene rings is 4. The minimum absolute atomic E-state index is 0.0470. The third-order valence-corrected chi connectivity index (χ3v) is 6.73. The number of hydrazone groups is 1. The van der Waals surface area contributed by atoms with Crippen molar-refractivity contribution in [3.05, 3.63) is 118 Å². The molecule has 10 nitrogen and oxygen atoms in total. The molecule has 0 aliphatic heterocycles. The summed E-state index contributed by atoms with van der Waals surface area (Å²) in [6, 6.07) is 26.8. The first-order valence-electron chi connectivity index (χ1n) is 11.4. The van der Waals surface area contributed by atoms with Crippen LogP contribution in [0.1, 0.15) is 11.1 Å². The number of para-hydroxylation sites is 2. The number of methoxy groups -OCH3 is 1. The second-order valence-electron chi connectivity index (χ2n) is 7.96. The van der Waals surface area contributed by atoms with Crippen molar-refractivity contribution in [3.63, 3.8) is 0 Å². The summed E-state index contributed by atoms with van der Waals surface area (Å²) in [6.45, 7) is 0.406. The van der Waals surface area contributed by atoms with Crippen LogP contribution in [-0.2, 0) is 16.6 Å². The Hall–Kier alpha value is -4.90. The number of nitro groups is 1. The highest BCUT2D eigenvalue weighted by atomic mass is 32.2. The van der Waals surface area contributed by atoms with Crippen LogP contribution in [0.4, 0.5) is 17.1 Å². The maximum Gasteiger partial charge on any atom is 0.270 e. The Bertz CT molecular complexity index is 1560. The first-order valence-corrected chi connectivity index (χ1v) is 12.8. The molecule has 4 aromatic carbocycles. The summed E-state index contributed by atoms with van der Waals surface area (Å²) < 4.78 is 39.9. The van der Waals surface area contributed by atoms with Gasteiger partial charge in [0.25, 0.3) is 15.7 Å². The highest BCUT2D eigenvalue weighted by Gasteiger charge is 2.23. The molecule has 0 atom stereocenters. The molecule has 38 heavy (non-hydrogen) atoms. The first-order chi connectivity index (χ1) is 18.4. The van der Waals surface area contributed by atoms with Crippen LogP contribution in [0, 0.1) is 10.1 Å². The molecule has 0 unspecified atom stereocenters. The molecule has 0 bridgehead atoms. The number of nitrogens with zero attached hydrogens (tertiary/aromatic N) is 2. The van der Waals surface area contributed by atoms with Gasteiger partial charge in [-0.3, -0.25) is 20.3 Å². The first kappa shape index (κ1) is 26.2. The van der Waals surface area contributed by atoms with Crippen molar-refractivity contribution in [2.24, 2.45) is 5.10 Å². The standard InChI is InChI=1S/C27H24N4O6S/c1-36-26-13-6-5-12-24(26)30-38(34,35)27-17-22(31(32)33)14-15-25(27)29-28-18-21-10-7-11-23(16-21)37-19-20-8-3-2-4-9-20/h2-18,29-30H,19H2,1H3/b28-18-. The Balaban J connectivity index is 1.54. The SMILES string of the molecule is COc1ccccc1NS(=O)(=O)c1cc([N+](=O)[O-])ccc1N/N=C\c1cccc(OCc2ccccc2)c1. The van der Waals surface area contributed by atoms with Crippen molar-refractivity contribution in [1.29, 1.82) is 0 Å². The second kappa shape index (κ2) is 11.9. The number of nitro benzene ring substituents is 1. The molecule has 0 fully saturated rings. The summed E-state index contributed by atoms with van der Waals surface area (Å²) in [7, 11) is -2.85. The van der Waals surface area contributed by atoms with Crippen molar-refractivity contribution in [1.82, 2.24) is 0 Å². The Morgan fingerprint density at radius 1 is 0.921 bits per heavy atom. The van der Waals surface area contributed by atoms with Crippen molar-refractivity contribution in [2.75, 3.05) is 17.3 Å². The van der Waals surface area contributed by atoms with Gasteiger partial charge in [-0.25, -0.2) is 8.42 Å². The normalized spacial score (nSPS) is 11.2. The van der Waals surface area contributed by atoms with Crippen LogP contribution < -0.4 is 19.6 Å². The van der Waals surface area contributed by atoms with E-state index >= 15 is 0 Å². The Morgan fingerprint density at radius 2 is 1.68 bits per heavy atom. The minimum atomic E-state index is -4.26. The van der Waals surface area contributed by atoms with Gasteiger partial charge in [0.15, 0.2) is 0 Å². The molecule has 0 aliphatic carbocycles. The van der Waals surface area contributed by atoms with Gasteiger partial charge >= 0.3 is 0 Å². The van der Waals surface area contributed by atoms with Gasteiger partial charge in [0, 0.05) is 12.1 Å². The lowest BCUT2D eigenvalue weighted by atomic mass is 10.2. The van der Waals surface area contributed by atoms with E-state index in [1.54, 1.807) is 36.4 Å². The van der Waals surface area contributed by atoms with E-state index in [-0.39, 0.29) is 22.0 Å². The molecule has 0 spiro atoms. The topological polar surface area (TPSA) is 132 Å². The maximum absolute atomic E-state index is 13.2. The molecular weight excluding hydrogens is 508 g/mol. The number of anilines is 2. The third kappa shape index (κ3) is 6.65. The van der Waals surface area contributed by atoms with E-state index in [4.69, 9.17) is 9.47 Å². The lowest BCUT2D eigenvalue weighted by Gasteiger charge is -2.14. The zero-order valence-electron chi connectivity index (χ0n) is 20.3. The summed E-state index contributed by atoms with van der Waals surface area (Å²) in [4.78, 5) is 10.3. The van der Waals surface area contributed by atoms with Gasteiger partial charge in [0.1, 0.15) is 23.0 Å². The molecule has 11 heteroatoms. The molecule has 4 aromatic rings. The van der Waals surface area contributed by atoms with Crippen LogP contribution >= 0.6 is 0 Å². The number of hydrogen-bond donors (Lipinski definition) is 2. The molecule has 194 valence electrons. The average Bonchev–Trinajstić information content (AvgIpc) is 2.93. The second-order valence-corrected chi connectivity index (χ2v) is 9.61. The largest absolute Gasteiger partial charge is 0.495 e. The quantitative estimate of drug-likeness (QED) is 0.150. The van der Waals surface area contributed by atoms with E-state index in [2.05, 4.69) is 15.2 Å². The summed E-state index contributed by atoms with van der Waals surface area (Å²) in [5, 5.41) is 15.5. The molecule has 2 N–H and O–H groups in total. The molecule has 0 saturated heterocycles. The van der Waals surface area contributed by atoms with Crippen LogP contribution in [0.5, 0.6) is 11.5 Å². The summed E-state index contributed by atoms with van der Waals surface area (Å²) in [5.41, 5.74) is 4.25. The van der Waals surface area contributed by atoms with Gasteiger partial charge in [-0.05, 0) is 41.5 Å². The fourth-order valence-electron chi connectivity index (χ4n) is 3.47. The minimum Gasteiger partial charge on any atom is -0.495 e. The van der Waals surface area contributed by atoms with E-state index in [0.717, 1.165) is 11.6 Å². The number of hydrogen-bond acceptors (Lipinski definition) is 8. The maximum atomic E-state index is 13.2. The molecule has 4 rings (SSSR count). The van der Waals surface area contributed by atoms with Gasteiger partial charge < -0.3 is 9.47 Å². The van der Waals surface area contributed by atoms with Crippen molar-refractivity contribution in [2.45, 2.75) is 11.5 Å². The van der Waals surface area contributed by atoms with Crippen molar-refractivity contribution < 1.29 is 22.8 Å². The van der Waals surface area contributed by atoms with Crippen molar-refractivity contribution in [3.8, 4) is 11.5 Å². The van der Waals surface area contributed by atoms with Gasteiger partial charge in [-0.1, -0.05) is 54.6 Å². The number of sulfonamides is 1. The number of non-ortho nitro benzene ring substituents is 1. The zero-order valence-corrected chi connectivity index (χ0v) is 21.1. The van der Waals surface area contributed by atoms with Crippen molar-refractivity contribution >= 4 is 33.3 Å². The Labute approximate surface area is 219 Å². The average molecular weight is 533 g/mol. The van der Waals surface area contributed by atoms with Gasteiger partial charge in [0.05, 0.1) is 29.6 Å². The number of nitrogens with one attached hydrogen (secondary N) is 2. The molecular formula is C27H24N4O6S. The van der Waals surface area contributed by atoms with Crippen LogP contribution in [0.2, 0.25) is 0 Å². The smallest absolute Gasteiger partial charge is 0.270 e. The highest BCUT2D eigenvalue weighted by molar-refractivity contribution is 7.93. The zero-order chi connectivity index (χ0) is 27.0. The predicted molar refractivity (Wildman–Crippen MR) is 145 cm³/mol. The monoisotopic (exact) mass is 532 g/mol. The lowest BCUT2D eigenvalue weighted by Crippen LogP contribution is -2.15. The molecule has 0 radical (unpaired) electrons. The van der Waals surface area contributed by atoms with E-state index in [9.17, 15) is 18.5 Å². The molecule has 0 heterocycles. The molecule has 0 aliphatic rings.